The zero-order chi connectivity index (χ0) is 14.5. The maximum atomic E-state index is 10.9. The van der Waals surface area contributed by atoms with Gasteiger partial charge in [-0.05, 0) is 29.7 Å². The van der Waals surface area contributed by atoms with E-state index in [1.807, 2.05) is 24.3 Å². The van der Waals surface area contributed by atoms with Crippen LogP contribution in [0.4, 0.5) is 0 Å². The van der Waals surface area contributed by atoms with Crippen LogP contribution in [0, 0.1) is 5.92 Å². The molecule has 3 heteroatoms. The van der Waals surface area contributed by atoms with E-state index in [2.05, 4.69) is 13.8 Å². The number of rotatable bonds is 5. The van der Waals surface area contributed by atoms with E-state index in [1.54, 1.807) is 12.1 Å². The third-order valence-corrected chi connectivity index (χ3v) is 2.92. The number of aldehydes is 1. The van der Waals surface area contributed by atoms with Crippen molar-refractivity contribution in [1.29, 1.82) is 0 Å². The van der Waals surface area contributed by atoms with Gasteiger partial charge in [-0.25, -0.2) is 0 Å². The molecule has 1 N–H and O–H groups in total. The molecule has 20 heavy (non-hydrogen) atoms. The molecule has 0 aliphatic carbocycles. The van der Waals surface area contributed by atoms with Crippen LogP contribution in [0.15, 0.2) is 42.5 Å². The number of carbonyl (C=O) groups is 1. The summed E-state index contributed by atoms with van der Waals surface area (Å²) < 4.78 is 5.81. The average molecular weight is 270 g/mol. The fourth-order valence-electron chi connectivity index (χ4n) is 1.90. The number of carbonyl (C=O) groups excluding carboxylic acids is 1. The number of aromatic hydroxyl groups is 1. The van der Waals surface area contributed by atoms with Gasteiger partial charge in [0.15, 0.2) is 6.29 Å². The van der Waals surface area contributed by atoms with E-state index in [0.29, 0.717) is 18.8 Å². The molecule has 2 rings (SSSR count). The molecule has 0 atom stereocenters. The van der Waals surface area contributed by atoms with Crippen molar-refractivity contribution in [2.45, 2.75) is 13.8 Å². The second-order valence-corrected chi connectivity index (χ2v) is 5.09. The number of hydrogen-bond donors (Lipinski definition) is 1. The Bertz CT molecular complexity index is 603. The molecule has 0 fully saturated rings. The van der Waals surface area contributed by atoms with E-state index in [1.165, 1.54) is 6.07 Å². The molecule has 3 nitrogen and oxygen atoms in total. The predicted molar refractivity (Wildman–Crippen MR) is 79.3 cm³/mol. The quantitative estimate of drug-likeness (QED) is 0.838. The van der Waals surface area contributed by atoms with E-state index in [-0.39, 0.29) is 11.3 Å². The van der Waals surface area contributed by atoms with Crippen molar-refractivity contribution in [3.63, 3.8) is 0 Å². The zero-order valence-corrected chi connectivity index (χ0v) is 11.7. The molecule has 0 bridgehead atoms. The highest BCUT2D eigenvalue weighted by molar-refractivity contribution is 5.83. The molecule has 0 saturated carbocycles. The molecule has 0 aliphatic heterocycles. The third-order valence-electron chi connectivity index (χ3n) is 2.92. The average Bonchev–Trinajstić information content (AvgIpc) is 2.46. The van der Waals surface area contributed by atoms with Crippen LogP contribution >= 0.6 is 0 Å². The summed E-state index contributed by atoms with van der Waals surface area (Å²) in [5.74, 6) is 1.21. The van der Waals surface area contributed by atoms with E-state index < -0.39 is 0 Å². The number of hydrogen-bond acceptors (Lipinski definition) is 3. The first-order chi connectivity index (χ1) is 9.61. The smallest absolute Gasteiger partial charge is 0.153 e. The minimum absolute atomic E-state index is 0.00988. The van der Waals surface area contributed by atoms with Gasteiger partial charge in [0.05, 0.1) is 12.2 Å². The summed E-state index contributed by atoms with van der Waals surface area (Å²) in [6, 6.07) is 12.7. The molecule has 2 aromatic carbocycles. The summed E-state index contributed by atoms with van der Waals surface area (Å²) in [4.78, 5) is 10.9. The number of ether oxygens (including phenoxy) is 1. The lowest BCUT2D eigenvalue weighted by molar-refractivity contribution is 0.112. The van der Waals surface area contributed by atoms with Gasteiger partial charge in [0.25, 0.3) is 0 Å². The Morgan fingerprint density at radius 3 is 2.65 bits per heavy atom. The van der Waals surface area contributed by atoms with Gasteiger partial charge in [0.1, 0.15) is 11.5 Å². The first kappa shape index (κ1) is 14.1. The molecular formula is C17H18O3. The Balaban J connectivity index is 2.39. The van der Waals surface area contributed by atoms with E-state index >= 15 is 0 Å². The summed E-state index contributed by atoms with van der Waals surface area (Å²) in [5, 5.41) is 9.56. The normalized spacial score (nSPS) is 10.6. The van der Waals surface area contributed by atoms with Crippen molar-refractivity contribution in [3.05, 3.63) is 48.0 Å². The summed E-state index contributed by atoms with van der Waals surface area (Å²) in [5.41, 5.74) is 2.04. The number of benzene rings is 2. The third kappa shape index (κ3) is 3.18. The maximum absolute atomic E-state index is 10.9. The topological polar surface area (TPSA) is 46.5 Å². The van der Waals surface area contributed by atoms with Crippen molar-refractivity contribution in [2.75, 3.05) is 6.61 Å². The van der Waals surface area contributed by atoms with Crippen molar-refractivity contribution < 1.29 is 14.6 Å². The Morgan fingerprint density at radius 1 is 1.20 bits per heavy atom. The first-order valence-corrected chi connectivity index (χ1v) is 6.62. The Morgan fingerprint density at radius 2 is 1.95 bits per heavy atom. The Labute approximate surface area is 118 Å². The first-order valence-electron chi connectivity index (χ1n) is 6.62. The SMILES string of the molecule is CC(C)COc1ccccc1-c1ccc(O)c(C=O)c1. The molecule has 0 aliphatic rings. The van der Waals surface area contributed by atoms with Gasteiger partial charge < -0.3 is 9.84 Å². The van der Waals surface area contributed by atoms with Crippen LogP contribution in [-0.2, 0) is 0 Å². The van der Waals surface area contributed by atoms with Gasteiger partial charge in [0, 0.05) is 5.56 Å². The lowest BCUT2D eigenvalue weighted by Crippen LogP contribution is -2.05. The standard InChI is InChI=1S/C17H18O3/c1-12(2)11-20-17-6-4-3-5-15(17)13-7-8-16(19)14(9-13)10-18/h3-10,12,19H,11H2,1-2H3. The highest BCUT2D eigenvalue weighted by Crippen LogP contribution is 2.32. The van der Waals surface area contributed by atoms with Gasteiger partial charge in [-0.15, -0.1) is 0 Å². The molecule has 0 saturated heterocycles. The van der Waals surface area contributed by atoms with Crippen molar-refractivity contribution in [2.24, 2.45) is 5.92 Å². The minimum atomic E-state index is -0.00988. The largest absolute Gasteiger partial charge is 0.507 e. The lowest BCUT2D eigenvalue weighted by atomic mass is 10.0. The monoisotopic (exact) mass is 270 g/mol. The van der Waals surface area contributed by atoms with Gasteiger partial charge in [-0.3, -0.25) is 4.79 Å². The van der Waals surface area contributed by atoms with E-state index in [4.69, 9.17) is 4.74 Å². The molecule has 2 aromatic rings. The molecular weight excluding hydrogens is 252 g/mol. The molecule has 0 heterocycles. The van der Waals surface area contributed by atoms with Gasteiger partial charge in [0.2, 0.25) is 0 Å². The zero-order valence-electron chi connectivity index (χ0n) is 11.7. The number of phenols is 1. The van der Waals surface area contributed by atoms with Crippen molar-refractivity contribution >= 4 is 6.29 Å². The highest BCUT2D eigenvalue weighted by Gasteiger charge is 2.09. The van der Waals surface area contributed by atoms with E-state index in [9.17, 15) is 9.90 Å². The summed E-state index contributed by atoms with van der Waals surface area (Å²) in [6.45, 7) is 4.82. The summed E-state index contributed by atoms with van der Waals surface area (Å²) >= 11 is 0. The number of phenolic OH excluding ortho intramolecular Hbond substituents is 1. The minimum Gasteiger partial charge on any atom is -0.507 e. The molecule has 0 spiro atoms. The van der Waals surface area contributed by atoms with E-state index in [0.717, 1.165) is 16.9 Å². The summed E-state index contributed by atoms with van der Waals surface area (Å²) in [6.07, 6.45) is 0.649. The predicted octanol–water partition coefficient (Wildman–Crippen LogP) is 3.91. The van der Waals surface area contributed by atoms with Gasteiger partial charge in [-0.1, -0.05) is 38.1 Å². The van der Waals surface area contributed by atoms with Crippen molar-refractivity contribution in [1.82, 2.24) is 0 Å². The summed E-state index contributed by atoms with van der Waals surface area (Å²) in [7, 11) is 0. The number of para-hydroxylation sites is 1. The molecule has 0 amide bonds. The molecule has 0 aromatic heterocycles. The second kappa shape index (κ2) is 6.24. The van der Waals surface area contributed by atoms with Crippen LogP contribution < -0.4 is 4.74 Å². The van der Waals surface area contributed by atoms with Crippen LogP contribution in [0.3, 0.4) is 0 Å². The molecule has 104 valence electrons. The van der Waals surface area contributed by atoms with Crippen LogP contribution in [0.25, 0.3) is 11.1 Å². The molecule has 0 unspecified atom stereocenters. The van der Waals surface area contributed by atoms with Gasteiger partial charge >= 0.3 is 0 Å². The Hall–Kier alpha value is -2.29. The van der Waals surface area contributed by atoms with Crippen molar-refractivity contribution in [3.8, 4) is 22.6 Å². The van der Waals surface area contributed by atoms with Crippen LogP contribution in [-0.4, -0.2) is 18.0 Å². The Kier molecular flexibility index (Phi) is 4.41. The second-order valence-electron chi connectivity index (χ2n) is 5.09. The fraction of sp³-hybridized carbons (Fsp3) is 0.235. The lowest BCUT2D eigenvalue weighted by Gasteiger charge is -2.13. The van der Waals surface area contributed by atoms with Gasteiger partial charge in [-0.2, -0.15) is 0 Å². The molecule has 0 radical (unpaired) electrons. The van der Waals surface area contributed by atoms with Crippen LogP contribution in [0.2, 0.25) is 0 Å². The van der Waals surface area contributed by atoms with Crippen LogP contribution in [0.5, 0.6) is 11.5 Å². The van der Waals surface area contributed by atoms with Crippen LogP contribution in [0.1, 0.15) is 24.2 Å². The maximum Gasteiger partial charge on any atom is 0.153 e. The highest BCUT2D eigenvalue weighted by atomic mass is 16.5. The fourth-order valence-corrected chi connectivity index (χ4v) is 1.90.